The summed E-state index contributed by atoms with van der Waals surface area (Å²) >= 11 is 0. The van der Waals surface area contributed by atoms with Gasteiger partial charge >= 0.3 is 0 Å². The third kappa shape index (κ3) is 23.4. The topological polar surface area (TPSA) is 386 Å². The number of unbranched alkanes of at least 4 members (excludes halogenated alkanes) is 3. The molecule has 0 spiro atoms. The van der Waals surface area contributed by atoms with Crippen LogP contribution < -0.4 is 70.8 Å². The summed E-state index contributed by atoms with van der Waals surface area (Å²) in [4.78, 5) is 136. The van der Waals surface area contributed by atoms with E-state index < -0.39 is 119 Å². The molecule has 17 N–H and O–H groups in total. The van der Waals surface area contributed by atoms with Crippen molar-refractivity contribution in [2.75, 3.05) is 26.2 Å². The standard InChI is InChI=1S/C50H82N14O10/c1-9-19-34(43(67)55-30(4)5)60-48(72)39(24-14-17-28-53)63-49(73)40-25-18-29-64(40)50(74)33(8)57-45(69)36(21-11-3)62-47(71)38(23-13-16-27-52)59-42(66)32(7)56-44(68)35(20-10-2)61-46(70)37(22-12-15-26-51)58-41(65)31(6)54/h1-3,30-40H,12-29,51-54H2,4-8H3,(H,55,67)(H,56,68)(H,57,69)(H,58,65)(H,59,66)(H,60,72)(H,61,70)(H,62,71)(H,63,73)/t31-,32-,33-,34-,35-,36-,37-,38-,39-,40-/m0/s1. The summed E-state index contributed by atoms with van der Waals surface area (Å²) in [6, 6.07) is -11.9. The minimum Gasteiger partial charge on any atom is -0.352 e. The van der Waals surface area contributed by atoms with Gasteiger partial charge in [0.1, 0.15) is 54.4 Å². The van der Waals surface area contributed by atoms with E-state index in [-0.39, 0.29) is 64.1 Å². The highest BCUT2D eigenvalue weighted by molar-refractivity contribution is 5.98. The molecule has 1 fully saturated rings. The van der Waals surface area contributed by atoms with Crippen LogP contribution in [0.15, 0.2) is 0 Å². The smallest absolute Gasteiger partial charge is 0.245 e. The van der Waals surface area contributed by atoms with Crippen molar-refractivity contribution in [2.24, 2.45) is 22.9 Å². The van der Waals surface area contributed by atoms with Crippen LogP contribution in [0.5, 0.6) is 0 Å². The first-order valence-corrected chi connectivity index (χ1v) is 25.3. The highest BCUT2D eigenvalue weighted by Gasteiger charge is 2.39. The number of likely N-dealkylation sites (tertiary alicyclic amines) is 1. The second-order valence-corrected chi connectivity index (χ2v) is 18.5. The number of carbonyl (C=O) groups excluding carboxylic acids is 10. The van der Waals surface area contributed by atoms with E-state index in [1.807, 2.05) is 0 Å². The Morgan fingerprint density at radius 2 is 0.824 bits per heavy atom. The number of nitrogens with two attached hydrogens (primary N) is 4. The number of rotatable bonds is 34. The van der Waals surface area contributed by atoms with Gasteiger partial charge in [-0.05, 0) is 125 Å². The molecule has 74 heavy (non-hydrogen) atoms. The minimum atomic E-state index is -1.40. The molecule has 1 saturated heterocycles. The van der Waals surface area contributed by atoms with Crippen LogP contribution in [-0.2, 0) is 47.9 Å². The maximum atomic E-state index is 13.9. The fourth-order valence-corrected chi connectivity index (χ4v) is 7.64. The number of hydrogen-bond donors (Lipinski definition) is 13. The molecule has 24 nitrogen and oxygen atoms in total. The first-order chi connectivity index (χ1) is 35.1. The lowest BCUT2D eigenvalue weighted by molar-refractivity contribution is -0.142. The third-order valence-corrected chi connectivity index (χ3v) is 11.8. The molecule has 0 unspecified atom stereocenters. The Balaban J connectivity index is 3.17. The molecule has 1 aliphatic heterocycles. The molecule has 10 amide bonds. The molecular weight excluding hydrogens is 957 g/mol. The van der Waals surface area contributed by atoms with Gasteiger partial charge < -0.3 is 75.7 Å². The fourth-order valence-electron chi connectivity index (χ4n) is 7.64. The number of nitrogens with one attached hydrogen (secondary N) is 9. The van der Waals surface area contributed by atoms with Gasteiger partial charge in [0.15, 0.2) is 0 Å². The van der Waals surface area contributed by atoms with Gasteiger partial charge in [0, 0.05) is 31.8 Å². The molecule has 24 heteroatoms. The molecule has 10 atom stereocenters. The van der Waals surface area contributed by atoms with Crippen molar-refractivity contribution < 1.29 is 47.9 Å². The lowest BCUT2D eigenvalue weighted by Gasteiger charge is -2.30. The molecule has 1 rings (SSSR count). The van der Waals surface area contributed by atoms with Crippen LogP contribution in [0.1, 0.15) is 125 Å². The summed E-state index contributed by atoms with van der Waals surface area (Å²) in [6.45, 7) is 8.79. The normalized spacial score (nSPS) is 16.5. The van der Waals surface area contributed by atoms with E-state index in [1.54, 1.807) is 13.8 Å². The Bertz CT molecular complexity index is 2030. The lowest BCUT2D eigenvalue weighted by Crippen LogP contribution is -2.60. The quantitative estimate of drug-likeness (QED) is 0.0218. The van der Waals surface area contributed by atoms with Crippen molar-refractivity contribution in [1.82, 2.24) is 52.8 Å². The number of terminal acetylenes is 3. The second kappa shape index (κ2) is 35.4. The van der Waals surface area contributed by atoms with E-state index >= 15 is 0 Å². The average molecular weight is 1040 g/mol. The van der Waals surface area contributed by atoms with Crippen molar-refractivity contribution in [3.8, 4) is 37.0 Å². The van der Waals surface area contributed by atoms with Gasteiger partial charge in [-0.3, -0.25) is 47.9 Å². The Hall–Kier alpha value is -6.78. The van der Waals surface area contributed by atoms with Crippen LogP contribution in [0.3, 0.4) is 0 Å². The summed E-state index contributed by atoms with van der Waals surface area (Å²) in [5.74, 6) is 0.0243. The van der Waals surface area contributed by atoms with Gasteiger partial charge in [0.2, 0.25) is 59.1 Å². The van der Waals surface area contributed by atoms with Crippen molar-refractivity contribution in [3.63, 3.8) is 0 Å². The highest BCUT2D eigenvalue weighted by atomic mass is 16.2. The number of nitrogens with zero attached hydrogens (tertiary/aromatic N) is 1. The molecule has 0 bridgehead atoms. The Labute approximate surface area is 435 Å². The van der Waals surface area contributed by atoms with Gasteiger partial charge in [-0.2, -0.15) is 0 Å². The molecular formula is C50H82N14O10. The SMILES string of the molecule is C#CC[C@H](NC(=O)[C@H](CCCCN)NC(=O)[C@@H]1CCCN1C(=O)[C@H](C)NC(=O)[C@H](CC#C)NC(=O)[C@H](CCCCN)NC(=O)[C@H](C)NC(=O)[C@H](CC#C)NC(=O)[C@H](CCCCN)NC(=O)[C@H](C)N)C(=O)NC(C)C. The van der Waals surface area contributed by atoms with Crippen LogP contribution >= 0.6 is 0 Å². The summed E-state index contributed by atoms with van der Waals surface area (Å²) in [5.41, 5.74) is 22.6. The Morgan fingerprint density at radius 1 is 0.473 bits per heavy atom. The van der Waals surface area contributed by atoms with E-state index in [0.29, 0.717) is 58.0 Å². The van der Waals surface area contributed by atoms with Gasteiger partial charge in [-0.1, -0.05) is 0 Å². The van der Waals surface area contributed by atoms with Crippen molar-refractivity contribution in [1.29, 1.82) is 0 Å². The van der Waals surface area contributed by atoms with E-state index in [2.05, 4.69) is 65.6 Å². The van der Waals surface area contributed by atoms with Crippen molar-refractivity contribution in [2.45, 2.75) is 191 Å². The molecule has 0 saturated carbocycles. The maximum Gasteiger partial charge on any atom is 0.245 e. The number of amides is 10. The van der Waals surface area contributed by atoms with Gasteiger partial charge in [-0.15, -0.1) is 37.0 Å². The zero-order valence-corrected chi connectivity index (χ0v) is 43.6. The molecule has 1 heterocycles. The van der Waals surface area contributed by atoms with E-state index in [9.17, 15) is 47.9 Å². The van der Waals surface area contributed by atoms with E-state index in [1.165, 1.54) is 25.7 Å². The number of carbonyl (C=O) groups is 10. The zero-order chi connectivity index (χ0) is 55.9. The van der Waals surface area contributed by atoms with E-state index in [4.69, 9.17) is 42.2 Å². The second-order valence-electron chi connectivity index (χ2n) is 18.5. The van der Waals surface area contributed by atoms with Crippen LogP contribution in [0, 0.1) is 37.0 Å². The Morgan fingerprint density at radius 3 is 1.20 bits per heavy atom. The first kappa shape index (κ1) is 65.2. The maximum absolute atomic E-state index is 13.9. The lowest BCUT2D eigenvalue weighted by atomic mass is 10.1. The predicted octanol–water partition coefficient (Wildman–Crippen LogP) is -3.78. The average Bonchev–Trinajstić information content (AvgIpc) is 3.84. The summed E-state index contributed by atoms with van der Waals surface area (Å²) in [6.07, 6.45) is 19.9. The molecule has 412 valence electrons. The summed E-state index contributed by atoms with van der Waals surface area (Å²) in [5, 5.41) is 23.4. The summed E-state index contributed by atoms with van der Waals surface area (Å²) in [7, 11) is 0. The molecule has 0 aliphatic carbocycles. The van der Waals surface area contributed by atoms with Crippen molar-refractivity contribution >= 4 is 59.1 Å². The van der Waals surface area contributed by atoms with Gasteiger partial charge in [0.25, 0.3) is 0 Å². The first-order valence-electron chi connectivity index (χ1n) is 25.3. The molecule has 0 aromatic heterocycles. The fraction of sp³-hybridized carbons (Fsp3) is 0.680. The molecule has 0 aromatic carbocycles. The van der Waals surface area contributed by atoms with Crippen molar-refractivity contribution in [3.05, 3.63) is 0 Å². The van der Waals surface area contributed by atoms with Crippen LogP contribution in [0.25, 0.3) is 0 Å². The van der Waals surface area contributed by atoms with Crippen LogP contribution in [0.2, 0.25) is 0 Å². The van der Waals surface area contributed by atoms with Gasteiger partial charge in [0.05, 0.1) is 6.04 Å². The zero-order valence-electron chi connectivity index (χ0n) is 43.6. The Kier molecular flexibility index (Phi) is 31.2. The molecule has 1 aliphatic rings. The van der Waals surface area contributed by atoms with Gasteiger partial charge in [-0.25, -0.2) is 0 Å². The predicted molar refractivity (Wildman–Crippen MR) is 278 cm³/mol. The number of hydrogen-bond acceptors (Lipinski definition) is 14. The summed E-state index contributed by atoms with van der Waals surface area (Å²) < 4.78 is 0. The van der Waals surface area contributed by atoms with Crippen LogP contribution in [0.4, 0.5) is 0 Å². The third-order valence-electron chi connectivity index (χ3n) is 11.8. The minimum absolute atomic E-state index is 0.0517. The highest BCUT2D eigenvalue weighted by Crippen LogP contribution is 2.20. The van der Waals surface area contributed by atoms with Crippen LogP contribution in [-0.4, -0.2) is 157 Å². The molecule has 0 radical (unpaired) electrons. The monoisotopic (exact) mass is 1040 g/mol. The van der Waals surface area contributed by atoms with E-state index in [0.717, 1.165) is 0 Å². The largest absolute Gasteiger partial charge is 0.352 e. The molecule has 0 aromatic rings.